The van der Waals surface area contributed by atoms with Gasteiger partial charge in [-0.3, -0.25) is 0 Å². The lowest BCUT2D eigenvalue weighted by Crippen LogP contribution is -2.40. The Bertz CT molecular complexity index is 676. The minimum Gasteiger partial charge on any atom is -0.399 e. The smallest absolute Gasteiger partial charge is 0.230 e. The van der Waals surface area contributed by atoms with Gasteiger partial charge in [0, 0.05) is 37.4 Å². The Morgan fingerprint density at radius 2 is 1.19 bits per heavy atom. The van der Waals surface area contributed by atoms with Crippen LogP contribution in [-0.2, 0) is 9.47 Å². The van der Waals surface area contributed by atoms with Crippen LogP contribution in [0.25, 0.3) is 11.4 Å². The molecule has 0 unspecified atom stereocenters. The zero-order chi connectivity index (χ0) is 19.1. The Labute approximate surface area is 160 Å². The summed E-state index contributed by atoms with van der Waals surface area (Å²) >= 11 is 0. The van der Waals surface area contributed by atoms with Crippen LogP contribution in [0, 0.1) is 0 Å². The molecule has 0 radical (unpaired) electrons. The summed E-state index contributed by atoms with van der Waals surface area (Å²) in [7, 11) is 0. The van der Waals surface area contributed by atoms with Gasteiger partial charge in [-0.15, -0.1) is 0 Å². The number of hydrogen-bond acceptors (Lipinski definition) is 8. The molecule has 2 saturated heterocycles. The van der Waals surface area contributed by atoms with Crippen LogP contribution in [0.2, 0.25) is 0 Å². The lowest BCUT2D eigenvalue weighted by atomic mass is 10.2. The standard InChI is InChI=1S/C17H22N6O2.C2H6/c18-14-3-1-13(2-4-14)15-19-16(22-5-9-24-10-6-22)21-17(20-15)23-7-11-25-12-8-23;1-2/h1-4H,5-12,18H2;1-2H3. The highest BCUT2D eigenvalue weighted by Crippen LogP contribution is 2.23. The van der Waals surface area contributed by atoms with E-state index in [-0.39, 0.29) is 0 Å². The van der Waals surface area contributed by atoms with E-state index in [9.17, 15) is 0 Å². The van der Waals surface area contributed by atoms with Gasteiger partial charge in [0.25, 0.3) is 0 Å². The average molecular weight is 372 g/mol. The molecule has 0 bridgehead atoms. The maximum Gasteiger partial charge on any atom is 0.230 e. The number of rotatable bonds is 3. The van der Waals surface area contributed by atoms with Crippen molar-refractivity contribution >= 4 is 17.6 Å². The molecule has 1 aromatic heterocycles. The maximum atomic E-state index is 5.80. The van der Waals surface area contributed by atoms with Gasteiger partial charge in [0.2, 0.25) is 11.9 Å². The normalized spacial score (nSPS) is 17.3. The second kappa shape index (κ2) is 9.48. The second-order valence-electron chi connectivity index (χ2n) is 6.08. The van der Waals surface area contributed by atoms with Crippen molar-refractivity contribution in [2.75, 3.05) is 68.1 Å². The minimum atomic E-state index is 0.665. The fraction of sp³-hybridized carbons (Fsp3) is 0.526. The van der Waals surface area contributed by atoms with Crippen LogP contribution in [0.4, 0.5) is 17.6 Å². The first-order valence-electron chi connectivity index (χ1n) is 9.57. The predicted octanol–water partition coefficient (Wildman–Crippen LogP) is 1.82. The monoisotopic (exact) mass is 372 g/mol. The van der Waals surface area contributed by atoms with Gasteiger partial charge in [-0.05, 0) is 24.3 Å². The molecule has 8 nitrogen and oxygen atoms in total. The number of hydrogen-bond donors (Lipinski definition) is 1. The van der Waals surface area contributed by atoms with Crippen molar-refractivity contribution in [3.63, 3.8) is 0 Å². The highest BCUT2D eigenvalue weighted by atomic mass is 16.5. The van der Waals surface area contributed by atoms with Gasteiger partial charge in [0.1, 0.15) is 0 Å². The van der Waals surface area contributed by atoms with Crippen molar-refractivity contribution in [1.82, 2.24) is 15.0 Å². The van der Waals surface area contributed by atoms with Crippen molar-refractivity contribution in [3.05, 3.63) is 24.3 Å². The third-order valence-electron chi connectivity index (χ3n) is 4.37. The summed E-state index contributed by atoms with van der Waals surface area (Å²) in [6.45, 7) is 9.90. The van der Waals surface area contributed by atoms with Crippen LogP contribution < -0.4 is 15.5 Å². The summed E-state index contributed by atoms with van der Waals surface area (Å²) in [5.41, 5.74) is 7.45. The molecule has 0 amide bonds. The zero-order valence-electron chi connectivity index (χ0n) is 16.1. The van der Waals surface area contributed by atoms with Gasteiger partial charge < -0.3 is 25.0 Å². The Morgan fingerprint density at radius 1 is 0.741 bits per heavy atom. The molecule has 27 heavy (non-hydrogen) atoms. The lowest BCUT2D eigenvalue weighted by Gasteiger charge is -2.30. The van der Waals surface area contributed by atoms with Crippen molar-refractivity contribution < 1.29 is 9.47 Å². The molecule has 8 heteroatoms. The van der Waals surface area contributed by atoms with Crippen molar-refractivity contribution in [2.24, 2.45) is 0 Å². The van der Waals surface area contributed by atoms with E-state index in [1.165, 1.54) is 0 Å². The van der Waals surface area contributed by atoms with Crippen LogP contribution in [0.15, 0.2) is 24.3 Å². The first-order chi connectivity index (χ1) is 13.3. The summed E-state index contributed by atoms with van der Waals surface area (Å²) in [5.74, 6) is 2.07. The summed E-state index contributed by atoms with van der Waals surface area (Å²) < 4.78 is 10.9. The fourth-order valence-electron chi connectivity index (χ4n) is 2.92. The highest BCUT2D eigenvalue weighted by Gasteiger charge is 2.21. The number of morpholine rings is 2. The highest BCUT2D eigenvalue weighted by molar-refractivity contribution is 5.61. The van der Waals surface area contributed by atoms with Crippen molar-refractivity contribution in [2.45, 2.75) is 13.8 Å². The Morgan fingerprint density at radius 3 is 1.63 bits per heavy atom. The number of anilines is 3. The van der Waals surface area contributed by atoms with E-state index in [1.807, 2.05) is 38.1 Å². The van der Waals surface area contributed by atoms with E-state index in [1.54, 1.807) is 0 Å². The average Bonchev–Trinajstić information content (AvgIpc) is 2.76. The van der Waals surface area contributed by atoms with Crippen LogP contribution in [-0.4, -0.2) is 67.6 Å². The number of nitrogens with zero attached hydrogens (tertiary/aromatic N) is 5. The predicted molar refractivity (Wildman–Crippen MR) is 107 cm³/mol. The molecule has 146 valence electrons. The number of aromatic nitrogens is 3. The molecule has 2 aromatic rings. The molecule has 0 aliphatic carbocycles. The molecule has 4 rings (SSSR count). The number of nitrogens with two attached hydrogens (primary N) is 1. The van der Waals surface area contributed by atoms with Gasteiger partial charge in [-0.25, -0.2) is 0 Å². The van der Waals surface area contributed by atoms with Gasteiger partial charge in [0.05, 0.1) is 26.4 Å². The third kappa shape index (κ3) is 4.84. The van der Waals surface area contributed by atoms with E-state index in [4.69, 9.17) is 30.2 Å². The van der Waals surface area contributed by atoms with Gasteiger partial charge in [-0.2, -0.15) is 15.0 Å². The van der Waals surface area contributed by atoms with E-state index in [2.05, 4.69) is 9.80 Å². The van der Waals surface area contributed by atoms with E-state index in [0.29, 0.717) is 44.1 Å². The summed E-state index contributed by atoms with van der Waals surface area (Å²) in [6, 6.07) is 7.61. The topological polar surface area (TPSA) is 89.6 Å². The summed E-state index contributed by atoms with van der Waals surface area (Å²) in [6.07, 6.45) is 0. The molecule has 1 aromatic carbocycles. The molecular weight excluding hydrogens is 344 g/mol. The first-order valence-corrected chi connectivity index (χ1v) is 9.57. The van der Waals surface area contributed by atoms with Crippen LogP contribution in [0.3, 0.4) is 0 Å². The first kappa shape index (κ1) is 19.3. The molecule has 2 aliphatic rings. The number of nitrogen functional groups attached to an aromatic ring is 1. The Balaban J connectivity index is 0.00000102. The largest absolute Gasteiger partial charge is 0.399 e. The van der Waals surface area contributed by atoms with E-state index >= 15 is 0 Å². The molecule has 3 heterocycles. The van der Waals surface area contributed by atoms with Crippen molar-refractivity contribution in [1.29, 1.82) is 0 Å². The third-order valence-corrected chi connectivity index (χ3v) is 4.37. The second-order valence-corrected chi connectivity index (χ2v) is 6.08. The zero-order valence-corrected chi connectivity index (χ0v) is 16.1. The van der Waals surface area contributed by atoms with Crippen molar-refractivity contribution in [3.8, 4) is 11.4 Å². The Kier molecular flexibility index (Phi) is 6.78. The molecule has 2 fully saturated rings. The molecule has 0 spiro atoms. The van der Waals surface area contributed by atoms with E-state index in [0.717, 1.165) is 37.4 Å². The molecule has 2 aliphatic heterocycles. The van der Waals surface area contributed by atoms with Crippen LogP contribution in [0.1, 0.15) is 13.8 Å². The maximum absolute atomic E-state index is 5.80. The van der Waals surface area contributed by atoms with Gasteiger partial charge >= 0.3 is 0 Å². The van der Waals surface area contributed by atoms with E-state index < -0.39 is 0 Å². The lowest BCUT2D eigenvalue weighted by molar-refractivity contribution is 0.121. The van der Waals surface area contributed by atoms with Gasteiger partial charge in [-0.1, -0.05) is 13.8 Å². The van der Waals surface area contributed by atoms with Crippen LogP contribution >= 0.6 is 0 Å². The minimum absolute atomic E-state index is 0.665. The molecule has 2 N–H and O–H groups in total. The fourth-order valence-corrected chi connectivity index (χ4v) is 2.92. The quantitative estimate of drug-likeness (QED) is 0.816. The van der Waals surface area contributed by atoms with Crippen LogP contribution in [0.5, 0.6) is 0 Å². The molecule has 0 saturated carbocycles. The molecular formula is C19H28N6O2. The van der Waals surface area contributed by atoms with Gasteiger partial charge in [0.15, 0.2) is 5.82 Å². The number of benzene rings is 1. The Hall–Kier alpha value is -2.45. The SMILES string of the molecule is CC.Nc1ccc(-c2nc(N3CCOCC3)nc(N3CCOCC3)n2)cc1. The summed E-state index contributed by atoms with van der Waals surface area (Å²) in [5, 5.41) is 0. The summed E-state index contributed by atoms with van der Waals surface area (Å²) in [4.78, 5) is 18.4. The molecule has 0 atom stereocenters. The number of ether oxygens (including phenoxy) is 2.